The number of hydrogen-bond acceptors (Lipinski definition) is 5. The number of carbonyl (C=O) groups excluding carboxylic acids is 1. The number of likely N-dealkylation sites (tertiary alicyclic amines) is 1. The Morgan fingerprint density at radius 3 is 2.55 bits per heavy atom. The Morgan fingerprint density at radius 2 is 1.87 bits per heavy atom. The first-order valence-corrected chi connectivity index (χ1v) is 10.8. The van der Waals surface area contributed by atoms with Gasteiger partial charge in [0.1, 0.15) is 17.4 Å². The predicted molar refractivity (Wildman–Crippen MR) is 114 cm³/mol. The van der Waals surface area contributed by atoms with Crippen molar-refractivity contribution in [2.45, 2.75) is 38.1 Å². The van der Waals surface area contributed by atoms with Gasteiger partial charge in [0.05, 0.1) is 19.3 Å². The van der Waals surface area contributed by atoms with E-state index in [1.807, 2.05) is 0 Å². The number of ether oxygens (including phenoxy) is 2. The standard InChI is InChI=1S/C24H28F2N2O3/c1-30-24(29)20-11-19(16-2-3-16)23(12-21(20)26)31-14-15-6-8-28(9-7-15)13-17-10-18(25)4-5-22(17)27/h4-5,10-12,15-16H,2-3,6-9,13-14,27H2,1H3. The van der Waals surface area contributed by atoms with Gasteiger partial charge in [-0.15, -0.1) is 0 Å². The van der Waals surface area contributed by atoms with Gasteiger partial charge in [0.25, 0.3) is 0 Å². The van der Waals surface area contributed by atoms with Crippen LogP contribution in [-0.2, 0) is 11.3 Å². The third-order valence-electron chi connectivity index (χ3n) is 6.20. The second-order valence-electron chi connectivity index (χ2n) is 8.51. The number of piperidine rings is 1. The molecule has 1 saturated heterocycles. The first-order valence-electron chi connectivity index (χ1n) is 10.8. The molecule has 0 atom stereocenters. The van der Waals surface area contributed by atoms with Gasteiger partial charge in [-0.3, -0.25) is 4.90 Å². The number of hydrogen-bond donors (Lipinski definition) is 1. The van der Waals surface area contributed by atoms with E-state index in [1.165, 1.54) is 25.3 Å². The maximum Gasteiger partial charge on any atom is 0.340 e. The Bertz CT molecular complexity index is 954. The molecule has 31 heavy (non-hydrogen) atoms. The van der Waals surface area contributed by atoms with E-state index >= 15 is 0 Å². The summed E-state index contributed by atoms with van der Waals surface area (Å²) < 4.78 is 38.6. The molecule has 1 aliphatic carbocycles. The molecular formula is C24H28F2N2O3. The lowest BCUT2D eigenvalue weighted by Gasteiger charge is -2.32. The molecule has 2 aliphatic rings. The molecule has 0 radical (unpaired) electrons. The van der Waals surface area contributed by atoms with Crippen molar-refractivity contribution in [3.05, 3.63) is 58.7 Å². The summed E-state index contributed by atoms with van der Waals surface area (Å²) in [7, 11) is 1.25. The molecule has 5 nitrogen and oxygen atoms in total. The van der Waals surface area contributed by atoms with Crippen molar-refractivity contribution in [1.29, 1.82) is 0 Å². The zero-order valence-corrected chi connectivity index (χ0v) is 17.7. The van der Waals surface area contributed by atoms with Gasteiger partial charge >= 0.3 is 5.97 Å². The van der Waals surface area contributed by atoms with Crippen LogP contribution in [0.2, 0.25) is 0 Å². The Hall–Kier alpha value is -2.67. The molecular weight excluding hydrogens is 402 g/mol. The highest BCUT2D eigenvalue weighted by atomic mass is 19.1. The van der Waals surface area contributed by atoms with Crippen LogP contribution in [0.5, 0.6) is 5.75 Å². The number of nitrogens with zero attached hydrogens (tertiary/aromatic N) is 1. The molecule has 2 aromatic carbocycles. The number of esters is 1. The van der Waals surface area contributed by atoms with Crippen LogP contribution in [0, 0.1) is 17.6 Å². The molecule has 2 aromatic rings. The van der Waals surface area contributed by atoms with Crippen molar-refractivity contribution in [3.63, 3.8) is 0 Å². The van der Waals surface area contributed by atoms with Gasteiger partial charge in [0.2, 0.25) is 0 Å². The lowest BCUT2D eigenvalue weighted by atomic mass is 9.97. The highest BCUT2D eigenvalue weighted by Crippen LogP contribution is 2.45. The van der Waals surface area contributed by atoms with Crippen LogP contribution in [0.15, 0.2) is 30.3 Å². The van der Waals surface area contributed by atoms with Crippen LogP contribution >= 0.6 is 0 Å². The van der Waals surface area contributed by atoms with Crippen molar-refractivity contribution in [2.75, 3.05) is 32.5 Å². The quantitative estimate of drug-likeness (QED) is 0.518. The SMILES string of the molecule is COC(=O)c1cc(C2CC2)c(OCC2CCN(Cc3cc(F)ccc3N)CC2)cc1F. The smallest absolute Gasteiger partial charge is 0.340 e. The van der Waals surface area contributed by atoms with E-state index in [9.17, 15) is 13.6 Å². The summed E-state index contributed by atoms with van der Waals surface area (Å²) in [5.41, 5.74) is 8.23. The van der Waals surface area contributed by atoms with Gasteiger partial charge in [0, 0.05) is 18.3 Å². The van der Waals surface area contributed by atoms with Crippen LogP contribution in [0.3, 0.4) is 0 Å². The largest absolute Gasteiger partial charge is 0.493 e. The van der Waals surface area contributed by atoms with Crippen molar-refractivity contribution in [2.24, 2.45) is 5.92 Å². The lowest BCUT2D eigenvalue weighted by Crippen LogP contribution is -2.35. The number of nitrogen functional groups attached to an aromatic ring is 1. The first kappa shape index (κ1) is 21.6. The van der Waals surface area contributed by atoms with Crippen LogP contribution in [-0.4, -0.2) is 37.7 Å². The zero-order valence-electron chi connectivity index (χ0n) is 17.7. The predicted octanol–water partition coefficient (Wildman–Crippen LogP) is 4.50. The number of halogens is 2. The summed E-state index contributed by atoms with van der Waals surface area (Å²) in [6, 6.07) is 7.38. The Morgan fingerprint density at radius 1 is 1.13 bits per heavy atom. The number of anilines is 1. The third kappa shape index (κ3) is 5.15. The van der Waals surface area contributed by atoms with Gasteiger partial charge in [0.15, 0.2) is 0 Å². The average Bonchev–Trinajstić information content (AvgIpc) is 3.60. The molecule has 1 saturated carbocycles. The summed E-state index contributed by atoms with van der Waals surface area (Å²) in [5.74, 6) is -0.355. The van der Waals surface area contributed by atoms with Gasteiger partial charge in [-0.05, 0) is 86.0 Å². The van der Waals surface area contributed by atoms with Crippen molar-refractivity contribution in [3.8, 4) is 5.75 Å². The number of rotatable bonds is 7. The lowest BCUT2D eigenvalue weighted by molar-refractivity contribution is 0.0595. The molecule has 0 unspecified atom stereocenters. The maximum atomic E-state index is 14.4. The molecule has 2 fully saturated rings. The van der Waals surface area contributed by atoms with E-state index in [4.69, 9.17) is 10.5 Å². The summed E-state index contributed by atoms with van der Waals surface area (Å²) in [6.07, 6.45) is 3.92. The third-order valence-corrected chi connectivity index (χ3v) is 6.20. The van der Waals surface area contributed by atoms with Crippen LogP contribution in [0.1, 0.15) is 53.1 Å². The molecule has 1 aliphatic heterocycles. The fraction of sp³-hybridized carbons (Fsp3) is 0.458. The van der Waals surface area contributed by atoms with E-state index in [2.05, 4.69) is 9.64 Å². The van der Waals surface area contributed by atoms with Crippen molar-refractivity contribution < 1.29 is 23.0 Å². The van der Waals surface area contributed by atoms with Crippen LogP contribution in [0.25, 0.3) is 0 Å². The van der Waals surface area contributed by atoms with Gasteiger partial charge in [-0.2, -0.15) is 0 Å². The second-order valence-corrected chi connectivity index (χ2v) is 8.51. The zero-order chi connectivity index (χ0) is 22.0. The number of methoxy groups -OCH3 is 1. The monoisotopic (exact) mass is 430 g/mol. The number of nitrogens with two attached hydrogens (primary N) is 1. The van der Waals surface area contributed by atoms with Crippen molar-refractivity contribution >= 4 is 11.7 Å². The van der Waals surface area contributed by atoms with E-state index < -0.39 is 11.8 Å². The molecule has 4 rings (SSSR count). The van der Waals surface area contributed by atoms with E-state index in [0.29, 0.717) is 36.4 Å². The molecule has 2 N–H and O–H groups in total. The topological polar surface area (TPSA) is 64.8 Å². The van der Waals surface area contributed by atoms with Gasteiger partial charge < -0.3 is 15.2 Å². The molecule has 1 heterocycles. The minimum absolute atomic E-state index is 0.0401. The van der Waals surface area contributed by atoms with E-state index in [-0.39, 0.29) is 11.4 Å². The van der Waals surface area contributed by atoms with Crippen molar-refractivity contribution in [1.82, 2.24) is 4.90 Å². The maximum absolute atomic E-state index is 14.4. The van der Waals surface area contributed by atoms with E-state index in [0.717, 1.165) is 49.9 Å². The minimum Gasteiger partial charge on any atom is -0.493 e. The molecule has 0 amide bonds. The summed E-state index contributed by atoms with van der Waals surface area (Å²) in [5, 5.41) is 0. The normalized spacial score (nSPS) is 17.5. The Kier molecular flexibility index (Phi) is 6.41. The number of carbonyl (C=O) groups is 1. The molecule has 166 valence electrons. The van der Waals surface area contributed by atoms with Crippen LogP contribution < -0.4 is 10.5 Å². The van der Waals surface area contributed by atoms with E-state index in [1.54, 1.807) is 12.1 Å². The minimum atomic E-state index is -0.669. The fourth-order valence-corrected chi connectivity index (χ4v) is 4.15. The summed E-state index contributed by atoms with van der Waals surface area (Å²) in [4.78, 5) is 14.1. The first-order chi connectivity index (χ1) is 14.9. The molecule has 0 aromatic heterocycles. The van der Waals surface area contributed by atoms with Gasteiger partial charge in [-0.1, -0.05) is 0 Å². The highest BCUT2D eigenvalue weighted by molar-refractivity contribution is 5.90. The molecule has 0 spiro atoms. The Labute approximate surface area is 181 Å². The van der Waals surface area contributed by atoms with Crippen LogP contribution in [0.4, 0.5) is 14.5 Å². The van der Waals surface area contributed by atoms with Gasteiger partial charge in [-0.25, -0.2) is 13.6 Å². The number of benzene rings is 2. The molecule has 0 bridgehead atoms. The fourth-order valence-electron chi connectivity index (χ4n) is 4.15. The molecule has 7 heteroatoms. The second kappa shape index (κ2) is 9.22. The highest BCUT2D eigenvalue weighted by Gasteiger charge is 2.30. The summed E-state index contributed by atoms with van der Waals surface area (Å²) >= 11 is 0. The summed E-state index contributed by atoms with van der Waals surface area (Å²) in [6.45, 7) is 2.88. The Balaban J connectivity index is 1.34. The average molecular weight is 430 g/mol.